The van der Waals surface area contributed by atoms with Gasteiger partial charge in [0.1, 0.15) is 17.6 Å². The van der Waals surface area contributed by atoms with E-state index in [0.717, 1.165) is 12.8 Å². The number of hydrogen-bond acceptors (Lipinski definition) is 6. The van der Waals surface area contributed by atoms with Crippen LogP contribution in [-0.2, 0) is 19.1 Å². The molecule has 5 aliphatic rings. The summed E-state index contributed by atoms with van der Waals surface area (Å²) >= 11 is 0. The largest absolute Gasteiger partial charge is 0.457 e. The molecule has 0 aromatic carbocycles. The number of nitrogens with zero attached hydrogens (tertiary/aromatic N) is 1. The third-order valence-electron chi connectivity index (χ3n) is 9.02. The molecule has 166 valence electrons. The fourth-order valence-corrected chi connectivity index (χ4v) is 7.88. The molecule has 0 amide bonds. The van der Waals surface area contributed by atoms with Crippen molar-refractivity contribution in [3.05, 3.63) is 54.4 Å². The van der Waals surface area contributed by atoms with Crippen LogP contribution in [0.25, 0.3) is 0 Å². The minimum absolute atomic E-state index is 0.0119. The van der Waals surface area contributed by atoms with E-state index in [9.17, 15) is 14.4 Å². The Morgan fingerprint density at radius 2 is 1.97 bits per heavy atom. The first-order valence-corrected chi connectivity index (χ1v) is 11.4. The van der Waals surface area contributed by atoms with Crippen molar-refractivity contribution in [3.8, 4) is 0 Å². The van der Waals surface area contributed by atoms with Gasteiger partial charge in [-0.25, -0.2) is 4.79 Å². The van der Waals surface area contributed by atoms with Crippen LogP contribution < -0.4 is 0 Å². The number of pyridine rings is 1. The number of rotatable bonds is 2. The van der Waals surface area contributed by atoms with E-state index in [1.807, 2.05) is 0 Å². The van der Waals surface area contributed by atoms with Crippen molar-refractivity contribution in [1.82, 2.24) is 4.98 Å². The lowest BCUT2D eigenvalue weighted by Gasteiger charge is -2.59. The number of hydrogen-bond donors (Lipinski definition) is 0. The zero-order chi connectivity index (χ0) is 22.5. The van der Waals surface area contributed by atoms with Crippen molar-refractivity contribution in [2.45, 2.75) is 45.3 Å². The molecule has 32 heavy (non-hydrogen) atoms. The van der Waals surface area contributed by atoms with Gasteiger partial charge in [0, 0.05) is 29.6 Å². The molecule has 0 radical (unpaired) electrons. The molecule has 1 aliphatic heterocycles. The van der Waals surface area contributed by atoms with Gasteiger partial charge in [0.05, 0.1) is 12.2 Å². The van der Waals surface area contributed by atoms with Crippen molar-refractivity contribution in [3.63, 3.8) is 0 Å². The van der Waals surface area contributed by atoms with Crippen molar-refractivity contribution in [2.24, 2.45) is 34.0 Å². The van der Waals surface area contributed by atoms with Gasteiger partial charge in [0.15, 0.2) is 11.6 Å². The van der Waals surface area contributed by atoms with Gasteiger partial charge >= 0.3 is 5.97 Å². The summed E-state index contributed by atoms with van der Waals surface area (Å²) in [4.78, 5) is 45.0. The molecule has 6 nitrogen and oxygen atoms in total. The average Bonchev–Trinajstić information content (AvgIpc) is 3.20. The van der Waals surface area contributed by atoms with Gasteiger partial charge in [-0.2, -0.15) is 0 Å². The second-order valence-corrected chi connectivity index (χ2v) is 10.8. The summed E-state index contributed by atoms with van der Waals surface area (Å²) in [5.41, 5.74) is -1.16. The smallest absolute Gasteiger partial charge is 0.338 e. The second kappa shape index (κ2) is 6.25. The Morgan fingerprint density at radius 3 is 2.72 bits per heavy atom. The molecule has 6 rings (SSSR count). The van der Waals surface area contributed by atoms with E-state index in [-0.39, 0.29) is 34.7 Å². The summed E-state index contributed by atoms with van der Waals surface area (Å²) in [6, 6.07) is 3.16. The van der Waals surface area contributed by atoms with Gasteiger partial charge in [0.2, 0.25) is 0 Å². The number of esters is 1. The maximum absolute atomic E-state index is 14.2. The number of allylic oxidation sites excluding steroid dienone is 1. The lowest BCUT2D eigenvalue weighted by molar-refractivity contribution is -0.178. The summed E-state index contributed by atoms with van der Waals surface area (Å²) in [6.45, 7) is 8.86. The molecule has 7 atom stereocenters. The molecule has 1 saturated heterocycles. The predicted molar refractivity (Wildman–Crippen MR) is 114 cm³/mol. The number of fused-ring (bicyclic) bond motifs is 1. The van der Waals surface area contributed by atoms with Crippen molar-refractivity contribution < 1.29 is 23.9 Å². The Kier molecular flexibility index (Phi) is 3.91. The van der Waals surface area contributed by atoms with E-state index in [4.69, 9.17) is 9.47 Å². The van der Waals surface area contributed by atoms with Crippen LogP contribution in [0.1, 0.15) is 43.5 Å². The second-order valence-electron chi connectivity index (χ2n) is 10.8. The first kappa shape index (κ1) is 20.0. The molecule has 4 fully saturated rings. The monoisotopic (exact) mass is 433 g/mol. The van der Waals surface area contributed by atoms with E-state index in [1.54, 1.807) is 12.1 Å². The van der Waals surface area contributed by atoms with Gasteiger partial charge in [-0.05, 0) is 48.3 Å². The highest BCUT2D eigenvalue weighted by atomic mass is 16.5. The van der Waals surface area contributed by atoms with Crippen LogP contribution in [0.2, 0.25) is 0 Å². The zero-order valence-corrected chi connectivity index (χ0v) is 18.4. The van der Waals surface area contributed by atoms with E-state index in [1.165, 1.54) is 12.4 Å². The van der Waals surface area contributed by atoms with Crippen molar-refractivity contribution in [2.75, 3.05) is 6.61 Å². The molecular formula is C26H27NO5. The van der Waals surface area contributed by atoms with Crippen LogP contribution >= 0.6 is 0 Å². The van der Waals surface area contributed by atoms with E-state index < -0.39 is 29.0 Å². The Bertz CT molecular complexity index is 1090. The fraction of sp³-hybridized carbons (Fsp3) is 0.538. The number of carbonyl (C=O) groups excluding carboxylic acids is 3. The van der Waals surface area contributed by atoms with E-state index in [2.05, 4.69) is 37.6 Å². The maximum atomic E-state index is 14.2. The minimum atomic E-state index is -1.40. The molecule has 0 N–H and O–H groups in total. The summed E-state index contributed by atoms with van der Waals surface area (Å²) < 4.78 is 12.2. The summed E-state index contributed by atoms with van der Waals surface area (Å²) in [7, 11) is 0. The van der Waals surface area contributed by atoms with Gasteiger partial charge in [-0.1, -0.05) is 32.6 Å². The van der Waals surface area contributed by atoms with Gasteiger partial charge < -0.3 is 9.47 Å². The van der Waals surface area contributed by atoms with Crippen LogP contribution in [-0.4, -0.2) is 41.3 Å². The highest BCUT2D eigenvalue weighted by molar-refractivity contribution is 6.20. The molecule has 3 saturated carbocycles. The summed E-state index contributed by atoms with van der Waals surface area (Å²) in [5.74, 6) is -1.57. The summed E-state index contributed by atoms with van der Waals surface area (Å²) in [5, 5.41) is 0. The number of Topliss-reactive ketones (excluding diaryl/α,β-unsaturated/α-hetero) is 2. The topological polar surface area (TPSA) is 82.6 Å². The normalized spacial score (nSPS) is 43.1. The number of ether oxygens (including phenoxy) is 2. The van der Waals surface area contributed by atoms with Gasteiger partial charge in [0.25, 0.3) is 0 Å². The van der Waals surface area contributed by atoms with Crippen LogP contribution in [0.3, 0.4) is 0 Å². The van der Waals surface area contributed by atoms with Crippen LogP contribution in [0.5, 0.6) is 0 Å². The number of ketones is 2. The van der Waals surface area contributed by atoms with Crippen LogP contribution in [0.15, 0.2) is 48.8 Å². The van der Waals surface area contributed by atoms with Crippen LogP contribution in [0, 0.1) is 34.0 Å². The molecule has 4 bridgehead atoms. The SMILES string of the molecule is C=C1C(=O)[C@@]23C(=O)[C@@H]4OC[C@]5(C=CCC(C)(C)[C@@H]45)[C@@H]2CC[C@@H]1[C@H]3OC(=O)c1ccncc1. The Hall–Kier alpha value is -2.60. The standard InChI is InChI=1S/C26H27NO5/c1-14-16-5-6-17-25-10-4-9-24(2,3)19(25)18(31-13-25)21(29)26(17,20(14)28)22(16)32-23(30)15-7-11-27-12-8-15/h4,7-8,10-12,16-19,22H,1,5-6,9,13H2,2-3H3/t16-,17-,18+,19+,22+,25+,26+/m0/s1. The highest BCUT2D eigenvalue weighted by Crippen LogP contribution is 2.71. The third-order valence-corrected chi connectivity index (χ3v) is 9.02. The van der Waals surface area contributed by atoms with E-state index >= 15 is 0 Å². The first-order chi connectivity index (χ1) is 15.2. The molecule has 1 aromatic rings. The minimum Gasteiger partial charge on any atom is -0.457 e. The average molecular weight is 434 g/mol. The summed E-state index contributed by atoms with van der Waals surface area (Å²) in [6.07, 6.45) is 8.20. The molecular weight excluding hydrogens is 406 g/mol. The van der Waals surface area contributed by atoms with Crippen LogP contribution in [0.4, 0.5) is 0 Å². The Morgan fingerprint density at radius 1 is 1.22 bits per heavy atom. The van der Waals surface area contributed by atoms with Crippen molar-refractivity contribution in [1.29, 1.82) is 0 Å². The highest BCUT2D eigenvalue weighted by Gasteiger charge is 2.80. The molecule has 6 heteroatoms. The lowest BCUT2D eigenvalue weighted by Crippen LogP contribution is -2.68. The molecule has 1 aromatic heterocycles. The fourth-order valence-electron chi connectivity index (χ4n) is 7.88. The molecule has 2 heterocycles. The van der Waals surface area contributed by atoms with E-state index in [0.29, 0.717) is 24.2 Å². The van der Waals surface area contributed by atoms with Crippen molar-refractivity contribution >= 4 is 17.5 Å². The maximum Gasteiger partial charge on any atom is 0.338 e. The quantitative estimate of drug-likeness (QED) is 0.308. The Balaban J connectivity index is 1.50. The lowest BCUT2D eigenvalue weighted by atomic mass is 9.41. The Labute approximate surface area is 187 Å². The molecule has 1 spiro atoms. The first-order valence-electron chi connectivity index (χ1n) is 11.4. The molecule has 0 unspecified atom stereocenters. The third kappa shape index (κ3) is 2.14. The van der Waals surface area contributed by atoms with Gasteiger partial charge in [-0.15, -0.1) is 0 Å². The zero-order valence-electron chi connectivity index (χ0n) is 18.4. The number of carbonyl (C=O) groups is 3. The number of aromatic nitrogens is 1. The predicted octanol–water partition coefficient (Wildman–Crippen LogP) is 3.33. The molecule has 4 aliphatic carbocycles. The van der Waals surface area contributed by atoms with Gasteiger partial charge in [-0.3, -0.25) is 14.6 Å².